The highest BCUT2D eigenvalue weighted by molar-refractivity contribution is 7.99. The molecule has 2 heteroatoms. The van der Waals surface area contributed by atoms with E-state index < -0.39 is 0 Å². The summed E-state index contributed by atoms with van der Waals surface area (Å²) in [5.41, 5.74) is 4.11. The highest BCUT2D eigenvalue weighted by Gasteiger charge is 2.32. The van der Waals surface area contributed by atoms with Gasteiger partial charge in [0.15, 0.2) is 5.25 Å². The molecule has 0 amide bonds. The van der Waals surface area contributed by atoms with E-state index in [-0.39, 0.29) is 10.9 Å². The van der Waals surface area contributed by atoms with Gasteiger partial charge in [0.2, 0.25) is 0 Å². The molecule has 0 aromatic heterocycles. The normalized spacial score (nSPS) is 21.7. The van der Waals surface area contributed by atoms with E-state index in [0.717, 1.165) is 5.02 Å². The van der Waals surface area contributed by atoms with E-state index >= 15 is 0 Å². The number of fused-ring (bicyclic) bond motifs is 1. The van der Waals surface area contributed by atoms with Gasteiger partial charge >= 0.3 is 0 Å². The maximum atomic E-state index is 5.98. The van der Waals surface area contributed by atoms with Crippen LogP contribution in [0.15, 0.2) is 53.9 Å². The molecule has 18 heavy (non-hydrogen) atoms. The van der Waals surface area contributed by atoms with Gasteiger partial charge in [-0.1, -0.05) is 48.0 Å². The fourth-order valence-electron chi connectivity index (χ4n) is 2.39. The quantitative estimate of drug-likeness (QED) is 0.663. The van der Waals surface area contributed by atoms with Crippen LogP contribution in [0.1, 0.15) is 21.9 Å². The van der Waals surface area contributed by atoms with Gasteiger partial charge in [-0.2, -0.15) is 0 Å². The first-order valence-corrected chi connectivity index (χ1v) is 8.05. The summed E-state index contributed by atoms with van der Waals surface area (Å²) in [6.07, 6.45) is 4.54. The van der Waals surface area contributed by atoms with Crippen molar-refractivity contribution in [1.82, 2.24) is 0 Å². The first-order valence-electron chi connectivity index (χ1n) is 5.92. The van der Waals surface area contributed by atoms with Crippen LogP contribution in [0.4, 0.5) is 0 Å². The third-order valence-electron chi connectivity index (χ3n) is 3.29. The standard InChI is InChI=1S/C16H14ClS/c1-18-11-10-12-4-2-3-5-15(12)16(18)13-6-8-14(17)9-7-13/h2-11,16H,1H3/q+1. The predicted molar refractivity (Wildman–Crippen MR) is 82.1 cm³/mol. The summed E-state index contributed by atoms with van der Waals surface area (Å²) < 4.78 is 0. The second kappa shape index (κ2) is 4.83. The van der Waals surface area contributed by atoms with Crippen LogP contribution < -0.4 is 0 Å². The van der Waals surface area contributed by atoms with Gasteiger partial charge in [0.25, 0.3) is 0 Å². The molecule has 2 atom stereocenters. The van der Waals surface area contributed by atoms with Crippen molar-refractivity contribution in [2.75, 3.05) is 6.26 Å². The number of halogens is 1. The van der Waals surface area contributed by atoms with Crippen molar-refractivity contribution in [3.63, 3.8) is 0 Å². The fourth-order valence-corrected chi connectivity index (χ4v) is 4.24. The van der Waals surface area contributed by atoms with Crippen molar-refractivity contribution in [1.29, 1.82) is 0 Å². The lowest BCUT2D eigenvalue weighted by atomic mass is 9.99. The summed E-state index contributed by atoms with van der Waals surface area (Å²) in [4.78, 5) is 0. The van der Waals surface area contributed by atoms with Crippen LogP contribution in [-0.2, 0) is 10.9 Å². The molecule has 0 radical (unpaired) electrons. The molecule has 0 N–H and O–H groups in total. The molecule has 2 unspecified atom stereocenters. The molecule has 2 aromatic rings. The Morgan fingerprint density at radius 2 is 1.72 bits per heavy atom. The van der Waals surface area contributed by atoms with E-state index in [4.69, 9.17) is 11.6 Å². The van der Waals surface area contributed by atoms with Crippen LogP contribution in [0.5, 0.6) is 0 Å². The molecular weight excluding hydrogens is 260 g/mol. The van der Waals surface area contributed by atoms with E-state index in [0.29, 0.717) is 5.25 Å². The van der Waals surface area contributed by atoms with Crippen molar-refractivity contribution in [3.05, 3.63) is 75.7 Å². The summed E-state index contributed by atoms with van der Waals surface area (Å²) in [5.74, 6) is 0. The molecule has 0 saturated carbocycles. The lowest BCUT2D eigenvalue weighted by Gasteiger charge is -2.20. The maximum absolute atomic E-state index is 5.98. The summed E-state index contributed by atoms with van der Waals surface area (Å²) in [6, 6.07) is 16.9. The third kappa shape index (κ3) is 2.09. The van der Waals surface area contributed by atoms with Crippen molar-refractivity contribution < 1.29 is 0 Å². The van der Waals surface area contributed by atoms with E-state index in [1.165, 1.54) is 16.7 Å². The van der Waals surface area contributed by atoms with Gasteiger partial charge in [-0.15, -0.1) is 0 Å². The molecule has 0 bridgehead atoms. The number of rotatable bonds is 1. The van der Waals surface area contributed by atoms with Crippen LogP contribution in [0, 0.1) is 0 Å². The first-order chi connectivity index (χ1) is 8.75. The minimum atomic E-state index is 0.229. The Bertz CT molecular complexity index is 586. The van der Waals surface area contributed by atoms with E-state index in [1.807, 2.05) is 12.1 Å². The number of benzene rings is 2. The van der Waals surface area contributed by atoms with E-state index in [2.05, 4.69) is 54.1 Å². The van der Waals surface area contributed by atoms with Gasteiger partial charge in [0.05, 0.1) is 0 Å². The van der Waals surface area contributed by atoms with Gasteiger partial charge in [0.1, 0.15) is 11.7 Å². The van der Waals surface area contributed by atoms with Crippen LogP contribution in [-0.4, -0.2) is 6.26 Å². The molecule has 0 aliphatic carbocycles. The van der Waals surface area contributed by atoms with Crippen LogP contribution in [0.3, 0.4) is 0 Å². The highest BCUT2D eigenvalue weighted by Crippen LogP contribution is 2.38. The molecule has 0 fully saturated rings. The smallest absolute Gasteiger partial charge is 0.0843 e. The Morgan fingerprint density at radius 3 is 2.50 bits per heavy atom. The van der Waals surface area contributed by atoms with Gasteiger partial charge in [0, 0.05) is 27.0 Å². The van der Waals surface area contributed by atoms with Gasteiger partial charge in [-0.3, -0.25) is 0 Å². The van der Waals surface area contributed by atoms with Crippen molar-refractivity contribution >= 4 is 28.6 Å². The maximum Gasteiger partial charge on any atom is 0.173 e. The van der Waals surface area contributed by atoms with Gasteiger partial charge in [-0.25, -0.2) is 0 Å². The lowest BCUT2D eigenvalue weighted by Crippen LogP contribution is -2.15. The summed E-state index contributed by atoms with van der Waals surface area (Å²) in [7, 11) is 0.229. The third-order valence-corrected chi connectivity index (χ3v) is 5.37. The first kappa shape index (κ1) is 11.9. The largest absolute Gasteiger partial charge is 0.173 e. The SMILES string of the molecule is C[S+]1C=Cc2ccccc2C1c1ccc(Cl)cc1. The van der Waals surface area contributed by atoms with Crippen molar-refractivity contribution in [2.24, 2.45) is 0 Å². The highest BCUT2D eigenvalue weighted by atomic mass is 35.5. The van der Waals surface area contributed by atoms with E-state index in [9.17, 15) is 0 Å². The van der Waals surface area contributed by atoms with Crippen molar-refractivity contribution in [3.8, 4) is 0 Å². The Morgan fingerprint density at radius 1 is 1.00 bits per heavy atom. The second-order valence-electron chi connectivity index (χ2n) is 4.47. The Hall–Kier alpha value is -1.18. The van der Waals surface area contributed by atoms with Crippen molar-refractivity contribution in [2.45, 2.75) is 5.25 Å². The van der Waals surface area contributed by atoms with E-state index in [1.54, 1.807) is 0 Å². The van der Waals surface area contributed by atoms with Gasteiger partial charge in [-0.05, 0) is 23.8 Å². The molecule has 1 heterocycles. The molecule has 1 aliphatic heterocycles. The Balaban J connectivity index is 2.10. The zero-order valence-corrected chi connectivity index (χ0v) is 11.7. The zero-order chi connectivity index (χ0) is 12.5. The fraction of sp³-hybridized carbons (Fsp3) is 0.125. The number of hydrogen-bond acceptors (Lipinski definition) is 0. The average molecular weight is 274 g/mol. The molecule has 0 spiro atoms. The van der Waals surface area contributed by atoms with Gasteiger partial charge < -0.3 is 0 Å². The van der Waals surface area contributed by atoms with Crippen LogP contribution in [0.25, 0.3) is 6.08 Å². The predicted octanol–water partition coefficient (Wildman–Crippen LogP) is 4.66. The molecule has 2 aromatic carbocycles. The summed E-state index contributed by atoms with van der Waals surface area (Å²) in [5, 5.41) is 3.58. The molecular formula is C16H14ClS+. The molecule has 0 nitrogen and oxygen atoms in total. The average Bonchev–Trinajstić information content (AvgIpc) is 2.40. The molecule has 90 valence electrons. The summed E-state index contributed by atoms with van der Waals surface area (Å²) in [6.45, 7) is 0. The van der Waals surface area contributed by atoms with Crippen LogP contribution in [0.2, 0.25) is 5.02 Å². The lowest BCUT2D eigenvalue weighted by molar-refractivity contribution is 1.14. The molecule has 1 aliphatic rings. The molecule has 0 saturated heterocycles. The molecule has 3 rings (SSSR count). The Kier molecular flexibility index (Phi) is 3.19. The topological polar surface area (TPSA) is 0 Å². The minimum absolute atomic E-state index is 0.229. The van der Waals surface area contributed by atoms with Crippen LogP contribution >= 0.6 is 11.6 Å². The zero-order valence-electron chi connectivity index (χ0n) is 10.1. The Labute approximate surface area is 116 Å². The monoisotopic (exact) mass is 273 g/mol. The second-order valence-corrected chi connectivity index (χ2v) is 6.87. The minimum Gasteiger partial charge on any atom is -0.0843 e. The summed E-state index contributed by atoms with van der Waals surface area (Å²) >= 11 is 5.98. The number of hydrogen-bond donors (Lipinski definition) is 0.